The van der Waals surface area contributed by atoms with Crippen molar-refractivity contribution >= 4 is 5.97 Å². The third-order valence-electron chi connectivity index (χ3n) is 13.5. The third-order valence-corrected chi connectivity index (χ3v) is 13.5. The fourth-order valence-corrected chi connectivity index (χ4v) is 10.9. The van der Waals surface area contributed by atoms with Crippen molar-refractivity contribution in [1.82, 2.24) is 0 Å². The van der Waals surface area contributed by atoms with Crippen LogP contribution in [0, 0.1) is 46.3 Å². The van der Waals surface area contributed by atoms with Gasteiger partial charge < -0.3 is 4.74 Å². The molecule has 0 heterocycles. The van der Waals surface area contributed by atoms with Crippen molar-refractivity contribution in [3.63, 3.8) is 0 Å². The number of rotatable bonds is 18. The van der Waals surface area contributed by atoms with E-state index in [9.17, 15) is 4.79 Å². The summed E-state index contributed by atoms with van der Waals surface area (Å²) in [5.41, 5.74) is 2.54. The van der Waals surface area contributed by atoms with Crippen LogP contribution in [0.5, 0.6) is 0 Å². The topological polar surface area (TPSA) is 26.3 Å². The Balaban J connectivity index is 1.19. The first-order valence-electron chi connectivity index (χ1n) is 19.6. The molecule has 8 atom stereocenters. The van der Waals surface area contributed by atoms with Gasteiger partial charge in [0.25, 0.3) is 0 Å². The number of ether oxygens (including phenoxy) is 1. The Labute approximate surface area is 268 Å². The molecule has 0 aromatic carbocycles. The summed E-state index contributed by atoms with van der Waals surface area (Å²) < 4.78 is 6.11. The van der Waals surface area contributed by atoms with E-state index < -0.39 is 0 Å². The van der Waals surface area contributed by atoms with Gasteiger partial charge >= 0.3 is 5.97 Å². The average Bonchev–Trinajstić information content (AvgIpc) is 3.33. The quantitative estimate of drug-likeness (QED) is 0.0893. The van der Waals surface area contributed by atoms with Crippen LogP contribution in [-0.2, 0) is 9.53 Å². The summed E-state index contributed by atoms with van der Waals surface area (Å²) in [6, 6.07) is 0. The van der Waals surface area contributed by atoms with Crippen molar-refractivity contribution in [3.05, 3.63) is 11.6 Å². The molecule has 3 fully saturated rings. The smallest absolute Gasteiger partial charge is 0.306 e. The summed E-state index contributed by atoms with van der Waals surface area (Å²) >= 11 is 0. The second-order valence-electron chi connectivity index (χ2n) is 16.9. The highest BCUT2D eigenvalue weighted by molar-refractivity contribution is 5.69. The molecule has 43 heavy (non-hydrogen) atoms. The second kappa shape index (κ2) is 16.7. The number of carbonyl (C=O) groups is 1. The largest absolute Gasteiger partial charge is 0.462 e. The van der Waals surface area contributed by atoms with Gasteiger partial charge in [0, 0.05) is 12.8 Å². The number of unbranched alkanes of at least 4 members (excludes halogenated alkanes) is 10. The summed E-state index contributed by atoms with van der Waals surface area (Å²) in [7, 11) is 0. The molecule has 2 nitrogen and oxygen atoms in total. The molecule has 0 unspecified atom stereocenters. The molecule has 0 aromatic rings. The normalized spacial score (nSPS) is 34.3. The number of hydrogen-bond acceptors (Lipinski definition) is 2. The fraction of sp³-hybridized carbons (Fsp3) is 0.927. The van der Waals surface area contributed by atoms with Gasteiger partial charge in [-0.1, -0.05) is 137 Å². The lowest BCUT2D eigenvalue weighted by molar-refractivity contribution is -0.151. The number of fused-ring (bicyclic) bond motifs is 5. The van der Waals surface area contributed by atoms with Gasteiger partial charge in [-0.15, -0.1) is 0 Å². The molecule has 0 aliphatic heterocycles. The minimum absolute atomic E-state index is 0.0618. The van der Waals surface area contributed by atoms with Crippen molar-refractivity contribution in [1.29, 1.82) is 0 Å². The first-order chi connectivity index (χ1) is 20.7. The van der Waals surface area contributed by atoms with Gasteiger partial charge in [0.05, 0.1) is 0 Å². The van der Waals surface area contributed by atoms with Gasteiger partial charge in [-0.05, 0) is 97.7 Å². The van der Waals surface area contributed by atoms with Gasteiger partial charge in [-0.2, -0.15) is 0 Å². The van der Waals surface area contributed by atoms with Crippen LogP contribution in [0.1, 0.15) is 189 Å². The molecule has 0 saturated heterocycles. The Kier molecular flexibility index (Phi) is 13.6. The van der Waals surface area contributed by atoms with Crippen LogP contribution in [0.4, 0.5) is 0 Å². The molecule has 0 spiro atoms. The van der Waals surface area contributed by atoms with Crippen LogP contribution < -0.4 is 0 Å². The maximum absolute atomic E-state index is 12.7. The van der Waals surface area contributed by atoms with Gasteiger partial charge in [0.1, 0.15) is 6.10 Å². The summed E-state index contributed by atoms with van der Waals surface area (Å²) in [4.78, 5) is 12.7. The molecule has 248 valence electrons. The first-order valence-corrected chi connectivity index (χ1v) is 19.6. The maximum atomic E-state index is 12.7. The molecule has 0 aromatic heterocycles. The van der Waals surface area contributed by atoms with Gasteiger partial charge in [0.15, 0.2) is 0 Å². The fourth-order valence-electron chi connectivity index (χ4n) is 10.9. The van der Waals surface area contributed by atoms with E-state index in [1.807, 2.05) is 0 Å². The van der Waals surface area contributed by atoms with Gasteiger partial charge in [-0.3, -0.25) is 4.79 Å². The van der Waals surface area contributed by atoms with Crippen LogP contribution in [0.25, 0.3) is 0 Å². The van der Waals surface area contributed by atoms with Crippen LogP contribution >= 0.6 is 0 Å². The minimum Gasteiger partial charge on any atom is -0.462 e. The predicted octanol–water partition coefficient (Wildman–Crippen LogP) is 12.6. The zero-order valence-electron chi connectivity index (χ0n) is 29.7. The first kappa shape index (κ1) is 35.1. The van der Waals surface area contributed by atoms with Crippen molar-refractivity contribution in [2.45, 2.75) is 195 Å². The highest BCUT2D eigenvalue weighted by atomic mass is 16.5. The number of hydrogen-bond donors (Lipinski definition) is 0. The van der Waals surface area contributed by atoms with Crippen molar-refractivity contribution < 1.29 is 9.53 Å². The van der Waals surface area contributed by atoms with E-state index in [1.54, 1.807) is 5.57 Å². The predicted molar refractivity (Wildman–Crippen MR) is 184 cm³/mol. The van der Waals surface area contributed by atoms with E-state index in [1.165, 1.54) is 122 Å². The molecule has 2 heteroatoms. The van der Waals surface area contributed by atoms with E-state index in [2.05, 4.69) is 47.6 Å². The highest BCUT2D eigenvalue weighted by Gasteiger charge is 2.59. The summed E-state index contributed by atoms with van der Waals surface area (Å²) in [6.45, 7) is 14.9. The van der Waals surface area contributed by atoms with Crippen LogP contribution in [-0.4, -0.2) is 12.1 Å². The Morgan fingerprint density at radius 2 is 1.49 bits per heavy atom. The zero-order valence-corrected chi connectivity index (χ0v) is 29.7. The van der Waals surface area contributed by atoms with E-state index in [0.29, 0.717) is 17.3 Å². The SMILES string of the molecule is CCCCCCCCCCCCCC(=O)O[C@H]1CC[C@@]2(C)C(=CC[C@@H]3[C@H]4CC[C@@H]([C@@H](C)CCCC(C)C)[C@]4(C)CC[C@H]32)C1. The van der Waals surface area contributed by atoms with Gasteiger partial charge in [-0.25, -0.2) is 0 Å². The third kappa shape index (κ3) is 8.93. The number of esters is 1. The number of allylic oxidation sites excluding steroid dienone is 1. The van der Waals surface area contributed by atoms with Gasteiger partial charge in [0.2, 0.25) is 0 Å². The van der Waals surface area contributed by atoms with E-state index in [0.717, 1.165) is 54.8 Å². The molecule has 0 radical (unpaired) electrons. The summed E-state index contributed by atoms with van der Waals surface area (Å²) in [5.74, 6) is 5.34. The molecule has 0 amide bonds. The summed E-state index contributed by atoms with van der Waals surface area (Å²) in [6.07, 6.45) is 32.5. The molecular formula is C41H72O2. The van der Waals surface area contributed by atoms with Crippen LogP contribution in [0.15, 0.2) is 11.6 Å². The zero-order chi connectivity index (χ0) is 30.9. The molecular weight excluding hydrogens is 524 g/mol. The lowest BCUT2D eigenvalue weighted by atomic mass is 9.47. The standard InChI is InChI=1S/C41H72O2/c1-7-8-9-10-11-12-13-14-15-16-17-21-39(42)43-34-26-28-40(5)33(30-34)22-23-35-37-25-24-36(32(4)20-18-19-31(2)3)41(37,6)29-27-38(35)40/h22,31-32,34-38H,7-21,23-30H2,1-6H3/t32-,34-,35+,36-,37+,38+,40-,41-/m0/s1. The van der Waals surface area contributed by atoms with Crippen molar-refractivity contribution in [3.8, 4) is 0 Å². The van der Waals surface area contributed by atoms with Crippen LogP contribution in [0.2, 0.25) is 0 Å². The molecule has 4 aliphatic rings. The Hall–Kier alpha value is -0.790. The molecule has 0 bridgehead atoms. The average molecular weight is 597 g/mol. The molecule has 4 aliphatic carbocycles. The van der Waals surface area contributed by atoms with E-state index in [4.69, 9.17) is 4.74 Å². The van der Waals surface area contributed by atoms with Crippen molar-refractivity contribution in [2.24, 2.45) is 46.3 Å². The lowest BCUT2D eigenvalue weighted by Gasteiger charge is -2.58. The lowest BCUT2D eigenvalue weighted by Crippen LogP contribution is -2.51. The molecule has 0 N–H and O–H groups in total. The Morgan fingerprint density at radius 1 is 0.814 bits per heavy atom. The number of carbonyl (C=O) groups excluding carboxylic acids is 1. The molecule has 4 rings (SSSR count). The van der Waals surface area contributed by atoms with Crippen LogP contribution in [0.3, 0.4) is 0 Å². The minimum atomic E-state index is 0.0618. The Morgan fingerprint density at radius 3 is 2.16 bits per heavy atom. The van der Waals surface area contributed by atoms with E-state index in [-0.39, 0.29) is 12.1 Å². The summed E-state index contributed by atoms with van der Waals surface area (Å²) in [5, 5.41) is 0. The second-order valence-corrected chi connectivity index (χ2v) is 16.9. The monoisotopic (exact) mass is 597 g/mol. The maximum Gasteiger partial charge on any atom is 0.306 e. The Bertz CT molecular complexity index is 873. The van der Waals surface area contributed by atoms with E-state index >= 15 is 0 Å². The van der Waals surface area contributed by atoms with Crippen molar-refractivity contribution in [2.75, 3.05) is 0 Å². The highest BCUT2D eigenvalue weighted by Crippen LogP contribution is 2.67. The molecule has 3 saturated carbocycles.